The minimum absolute atomic E-state index is 0.0143. The second kappa shape index (κ2) is 6.56. The lowest BCUT2D eigenvalue weighted by Crippen LogP contribution is -1.99. The highest BCUT2D eigenvalue weighted by Gasteiger charge is 2.11. The van der Waals surface area contributed by atoms with Crippen molar-refractivity contribution < 1.29 is 14.3 Å². The highest BCUT2D eigenvalue weighted by atomic mass is 35.5. The molecule has 0 amide bonds. The molecule has 0 saturated carbocycles. The Morgan fingerprint density at radius 1 is 1.55 bits per heavy atom. The van der Waals surface area contributed by atoms with Crippen LogP contribution in [0.5, 0.6) is 0 Å². The molecule has 0 aliphatic heterocycles. The number of carboxylic acids is 1. The molecule has 0 bridgehead atoms. The first-order chi connectivity index (χ1) is 9.45. The zero-order valence-electron chi connectivity index (χ0n) is 10.5. The molecule has 1 heterocycles. The topological polar surface area (TPSA) is 50.2 Å². The minimum Gasteiger partial charge on any atom is -0.481 e. The van der Waals surface area contributed by atoms with E-state index in [1.54, 1.807) is 13.0 Å². The maximum atomic E-state index is 13.3. The molecule has 0 aliphatic carbocycles. The Balaban J connectivity index is 2.03. The van der Waals surface area contributed by atoms with Gasteiger partial charge in [0.15, 0.2) is 4.34 Å². The normalized spacial score (nSPS) is 10.8. The van der Waals surface area contributed by atoms with Gasteiger partial charge in [0.05, 0.1) is 17.1 Å². The number of carbonyl (C=O) groups is 1. The van der Waals surface area contributed by atoms with Crippen molar-refractivity contribution >= 4 is 40.7 Å². The van der Waals surface area contributed by atoms with E-state index >= 15 is 0 Å². The highest BCUT2D eigenvalue weighted by Crippen LogP contribution is 2.30. The third kappa shape index (κ3) is 3.94. The number of aromatic nitrogens is 1. The van der Waals surface area contributed by atoms with Crippen LogP contribution in [-0.2, 0) is 17.0 Å². The second-order valence-electron chi connectivity index (χ2n) is 4.10. The average Bonchev–Trinajstić information content (AvgIpc) is 2.71. The van der Waals surface area contributed by atoms with Crippen molar-refractivity contribution in [1.29, 1.82) is 0 Å². The number of hydrogen-bond acceptors (Lipinski definition) is 4. The van der Waals surface area contributed by atoms with E-state index in [1.807, 2.05) is 0 Å². The number of carboxylic acid groups (broad SMARTS) is 1. The number of aryl methyl sites for hydroxylation is 1. The largest absolute Gasteiger partial charge is 0.481 e. The van der Waals surface area contributed by atoms with Gasteiger partial charge in [-0.15, -0.1) is 11.3 Å². The average molecular weight is 332 g/mol. The molecule has 1 aromatic carbocycles. The number of halogens is 2. The number of rotatable bonds is 5. The summed E-state index contributed by atoms with van der Waals surface area (Å²) in [5.74, 6) is -0.743. The molecule has 0 aliphatic rings. The van der Waals surface area contributed by atoms with E-state index in [-0.39, 0.29) is 11.4 Å². The fourth-order valence-electron chi connectivity index (χ4n) is 1.54. The molecular formula is C13H11ClFNO2S2. The van der Waals surface area contributed by atoms with Crippen molar-refractivity contribution in [3.8, 4) is 0 Å². The van der Waals surface area contributed by atoms with E-state index in [4.69, 9.17) is 16.7 Å². The van der Waals surface area contributed by atoms with Gasteiger partial charge in [0.25, 0.3) is 0 Å². The summed E-state index contributed by atoms with van der Waals surface area (Å²) in [6, 6.07) is 4.68. The number of nitrogens with zero attached hydrogens (tertiary/aromatic N) is 1. The van der Waals surface area contributed by atoms with Gasteiger partial charge in [0.1, 0.15) is 5.82 Å². The molecule has 0 atom stereocenters. The lowest BCUT2D eigenvalue weighted by Gasteiger charge is -2.00. The summed E-state index contributed by atoms with van der Waals surface area (Å²) in [7, 11) is 0. The van der Waals surface area contributed by atoms with E-state index in [0.717, 1.165) is 20.5 Å². The predicted octanol–water partition coefficient (Wildman–Crippen LogP) is 4.16. The SMILES string of the molecule is Cc1nc(SCc2ccc(Cl)c(F)c2)sc1CC(=O)O. The Morgan fingerprint density at radius 3 is 2.95 bits per heavy atom. The highest BCUT2D eigenvalue weighted by molar-refractivity contribution is 8.00. The van der Waals surface area contributed by atoms with Gasteiger partial charge in [-0.3, -0.25) is 4.79 Å². The van der Waals surface area contributed by atoms with Crippen LogP contribution < -0.4 is 0 Å². The number of thiazole rings is 1. The molecular weight excluding hydrogens is 321 g/mol. The summed E-state index contributed by atoms with van der Waals surface area (Å²) < 4.78 is 14.1. The quantitative estimate of drug-likeness (QED) is 0.836. The van der Waals surface area contributed by atoms with E-state index in [1.165, 1.54) is 35.2 Å². The van der Waals surface area contributed by atoms with Gasteiger partial charge in [-0.1, -0.05) is 29.4 Å². The smallest absolute Gasteiger partial charge is 0.308 e. The monoisotopic (exact) mass is 331 g/mol. The van der Waals surface area contributed by atoms with Crippen molar-refractivity contribution in [3.63, 3.8) is 0 Å². The van der Waals surface area contributed by atoms with Crippen molar-refractivity contribution in [1.82, 2.24) is 4.98 Å². The van der Waals surface area contributed by atoms with Crippen LogP contribution in [0.2, 0.25) is 5.02 Å². The zero-order chi connectivity index (χ0) is 14.7. The lowest BCUT2D eigenvalue weighted by molar-refractivity contribution is -0.136. The van der Waals surface area contributed by atoms with Crippen LogP contribution in [0.15, 0.2) is 22.5 Å². The summed E-state index contributed by atoms with van der Waals surface area (Å²) >= 11 is 8.44. The molecule has 3 nitrogen and oxygen atoms in total. The third-order valence-electron chi connectivity index (χ3n) is 2.53. The molecule has 0 radical (unpaired) electrons. The van der Waals surface area contributed by atoms with Gasteiger partial charge in [0.2, 0.25) is 0 Å². The van der Waals surface area contributed by atoms with Gasteiger partial charge in [-0.05, 0) is 24.6 Å². The van der Waals surface area contributed by atoms with Crippen LogP contribution in [-0.4, -0.2) is 16.1 Å². The van der Waals surface area contributed by atoms with E-state index in [0.29, 0.717) is 5.75 Å². The Bertz CT molecular complexity index is 645. The third-order valence-corrected chi connectivity index (χ3v) is 5.21. The molecule has 0 spiro atoms. The number of aliphatic carboxylic acids is 1. The Morgan fingerprint density at radius 2 is 2.30 bits per heavy atom. The molecule has 1 aromatic heterocycles. The molecule has 0 fully saturated rings. The summed E-state index contributed by atoms with van der Waals surface area (Å²) in [4.78, 5) is 15.8. The van der Waals surface area contributed by atoms with E-state index in [9.17, 15) is 9.18 Å². The summed E-state index contributed by atoms with van der Waals surface area (Å²) in [5.41, 5.74) is 1.55. The van der Waals surface area contributed by atoms with Gasteiger partial charge >= 0.3 is 5.97 Å². The van der Waals surface area contributed by atoms with Crippen molar-refractivity contribution in [3.05, 3.63) is 45.2 Å². The van der Waals surface area contributed by atoms with Crippen LogP contribution in [0, 0.1) is 12.7 Å². The summed E-state index contributed by atoms with van der Waals surface area (Å²) in [6.45, 7) is 1.79. The van der Waals surface area contributed by atoms with E-state index in [2.05, 4.69) is 4.98 Å². The van der Waals surface area contributed by atoms with Crippen molar-refractivity contribution in [2.45, 2.75) is 23.4 Å². The zero-order valence-corrected chi connectivity index (χ0v) is 12.9. The van der Waals surface area contributed by atoms with E-state index < -0.39 is 11.8 Å². The number of hydrogen-bond donors (Lipinski definition) is 1. The maximum Gasteiger partial charge on any atom is 0.308 e. The first-order valence-electron chi connectivity index (χ1n) is 5.70. The van der Waals surface area contributed by atoms with Crippen LogP contribution in [0.3, 0.4) is 0 Å². The Kier molecular flexibility index (Phi) is 5.01. The molecule has 2 aromatic rings. The van der Waals surface area contributed by atoms with Gasteiger partial charge in [0, 0.05) is 10.6 Å². The summed E-state index contributed by atoms with van der Waals surface area (Å²) in [5, 5.41) is 8.89. The first kappa shape index (κ1) is 15.3. The second-order valence-corrected chi connectivity index (χ2v) is 6.81. The fraction of sp³-hybridized carbons (Fsp3) is 0.231. The standard InChI is InChI=1S/C13H11ClFNO2S2/c1-7-11(5-12(17)18)20-13(16-7)19-6-8-2-3-9(14)10(15)4-8/h2-4H,5-6H2,1H3,(H,17,18). The molecule has 1 N–H and O–H groups in total. The molecule has 7 heteroatoms. The fourth-order valence-corrected chi connectivity index (χ4v) is 3.82. The van der Waals surface area contributed by atoms with Gasteiger partial charge in [-0.25, -0.2) is 9.37 Å². The Labute approximate surface area is 128 Å². The number of benzene rings is 1. The van der Waals surface area contributed by atoms with Crippen molar-refractivity contribution in [2.24, 2.45) is 0 Å². The molecule has 0 unspecified atom stereocenters. The van der Waals surface area contributed by atoms with Gasteiger partial charge < -0.3 is 5.11 Å². The van der Waals surface area contributed by atoms with Crippen LogP contribution in [0.1, 0.15) is 16.1 Å². The predicted molar refractivity (Wildman–Crippen MR) is 79.2 cm³/mol. The van der Waals surface area contributed by atoms with Crippen LogP contribution in [0.25, 0.3) is 0 Å². The Hall–Kier alpha value is -1.11. The molecule has 2 rings (SSSR count). The number of thioether (sulfide) groups is 1. The van der Waals surface area contributed by atoms with Crippen LogP contribution in [0.4, 0.5) is 4.39 Å². The maximum absolute atomic E-state index is 13.3. The first-order valence-corrected chi connectivity index (χ1v) is 7.88. The molecule has 106 valence electrons. The van der Waals surface area contributed by atoms with Gasteiger partial charge in [-0.2, -0.15) is 0 Å². The lowest BCUT2D eigenvalue weighted by atomic mass is 10.2. The minimum atomic E-state index is -0.868. The van der Waals surface area contributed by atoms with Crippen LogP contribution >= 0.6 is 34.7 Å². The molecule has 20 heavy (non-hydrogen) atoms. The molecule has 0 saturated heterocycles. The summed E-state index contributed by atoms with van der Waals surface area (Å²) in [6.07, 6.45) is -0.0143. The van der Waals surface area contributed by atoms with Crippen molar-refractivity contribution in [2.75, 3.05) is 0 Å².